The normalized spacial score (nSPS) is 10.4. The molecule has 8 nitrogen and oxygen atoms in total. The molecule has 2 N–H and O–H groups in total. The van der Waals surface area contributed by atoms with Gasteiger partial charge >= 0.3 is 0 Å². The summed E-state index contributed by atoms with van der Waals surface area (Å²) in [5.74, 6) is 1.50. The number of benzene rings is 2. The Labute approximate surface area is 149 Å². The van der Waals surface area contributed by atoms with Crippen LogP contribution in [-0.2, 0) is 6.42 Å². The van der Waals surface area contributed by atoms with E-state index in [4.69, 9.17) is 19.2 Å². The van der Waals surface area contributed by atoms with Crippen LogP contribution < -0.4 is 15.0 Å². The molecule has 0 aliphatic carbocycles. The van der Waals surface area contributed by atoms with Crippen LogP contribution in [0.2, 0.25) is 0 Å². The molecule has 0 atom stereocenters. The van der Waals surface area contributed by atoms with Crippen LogP contribution in [-0.4, -0.2) is 35.5 Å². The van der Waals surface area contributed by atoms with Gasteiger partial charge in [0.25, 0.3) is 11.8 Å². The number of nitrogens with one attached hydrogen (secondary N) is 1. The molecule has 0 saturated carbocycles. The number of hydroxylamine groups is 1. The van der Waals surface area contributed by atoms with Crippen LogP contribution in [0.15, 0.2) is 47.0 Å². The first kappa shape index (κ1) is 17.4. The van der Waals surface area contributed by atoms with E-state index in [2.05, 4.69) is 10.1 Å². The van der Waals surface area contributed by atoms with Crippen molar-refractivity contribution in [3.63, 3.8) is 0 Å². The molecule has 0 fully saturated rings. The summed E-state index contributed by atoms with van der Waals surface area (Å²) in [6, 6.07) is 12.1. The van der Waals surface area contributed by atoms with E-state index < -0.39 is 5.91 Å². The second-order valence-electron chi connectivity index (χ2n) is 5.40. The van der Waals surface area contributed by atoms with Crippen molar-refractivity contribution in [3.05, 3.63) is 59.4 Å². The van der Waals surface area contributed by atoms with Crippen molar-refractivity contribution in [2.45, 2.75) is 6.42 Å². The number of aromatic nitrogens is 2. The third-order valence-corrected chi connectivity index (χ3v) is 3.78. The Morgan fingerprint density at radius 1 is 1.12 bits per heavy atom. The van der Waals surface area contributed by atoms with Crippen molar-refractivity contribution in [1.82, 2.24) is 15.6 Å². The highest BCUT2D eigenvalue weighted by atomic mass is 16.5. The van der Waals surface area contributed by atoms with Crippen molar-refractivity contribution >= 4 is 5.91 Å². The first-order valence-corrected chi connectivity index (χ1v) is 7.73. The smallest absolute Gasteiger partial charge is 0.274 e. The van der Waals surface area contributed by atoms with Crippen LogP contribution in [0, 0.1) is 0 Å². The monoisotopic (exact) mass is 355 g/mol. The van der Waals surface area contributed by atoms with Gasteiger partial charge in [-0.05, 0) is 35.9 Å². The lowest BCUT2D eigenvalue weighted by molar-refractivity contribution is 0.0706. The molecule has 3 aromatic rings. The lowest BCUT2D eigenvalue weighted by Crippen LogP contribution is -2.18. The molecule has 1 amide bonds. The standard InChI is InChI=1S/C18H17N3O5/c1-24-14-8-7-13(10-15(14)25-2)18-19-16(21-26-18)9-11-3-5-12(6-4-11)17(22)20-23/h3-8,10,23H,9H2,1-2H3,(H,20,22). The summed E-state index contributed by atoms with van der Waals surface area (Å²) in [5.41, 5.74) is 3.57. The maximum absolute atomic E-state index is 11.3. The number of hydrogen-bond donors (Lipinski definition) is 2. The molecule has 0 bridgehead atoms. The highest BCUT2D eigenvalue weighted by molar-refractivity contribution is 5.93. The van der Waals surface area contributed by atoms with Gasteiger partial charge in [-0.1, -0.05) is 17.3 Å². The van der Waals surface area contributed by atoms with Gasteiger partial charge in [0, 0.05) is 17.5 Å². The lowest BCUT2D eigenvalue weighted by atomic mass is 10.1. The Balaban J connectivity index is 1.77. The summed E-state index contributed by atoms with van der Waals surface area (Å²) in [7, 11) is 3.12. The van der Waals surface area contributed by atoms with Crippen LogP contribution in [0.25, 0.3) is 11.5 Å². The quantitative estimate of drug-likeness (QED) is 0.517. The topological polar surface area (TPSA) is 107 Å². The first-order chi connectivity index (χ1) is 12.6. The van der Waals surface area contributed by atoms with Gasteiger partial charge in [0.05, 0.1) is 14.2 Å². The zero-order chi connectivity index (χ0) is 18.5. The van der Waals surface area contributed by atoms with Crippen LogP contribution >= 0.6 is 0 Å². The number of methoxy groups -OCH3 is 2. The summed E-state index contributed by atoms with van der Waals surface area (Å²) < 4.78 is 15.8. The Kier molecular flexibility index (Phi) is 5.14. The van der Waals surface area contributed by atoms with Crippen LogP contribution in [0.3, 0.4) is 0 Å². The molecule has 8 heteroatoms. The van der Waals surface area contributed by atoms with E-state index in [0.29, 0.717) is 35.2 Å². The minimum absolute atomic E-state index is 0.357. The Morgan fingerprint density at radius 2 is 1.85 bits per heavy atom. The Morgan fingerprint density at radius 3 is 2.50 bits per heavy atom. The molecule has 2 aromatic carbocycles. The second kappa shape index (κ2) is 7.66. The number of hydrogen-bond acceptors (Lipinski definition) is 7. The zero-order valence-electron chi connectivity index (χ0n) is 14.2. The Hall–Kier alpha value is -3.39. The average Bonchev–Trinajstić information content (AvgIpc) is 3.15. The molecular formula is C18H17N3O5. The first-order valence-electron chi connectivity index (χ1n) is 7.73. The number of carbonyl (C=O) groups is 1. The van der Waals surface area contributed by atoms with Crippen LogP contribution in [0.5, 0.6) is 11.5 Å². The van der Waals surface area contributed by atoms with E-state index in [1.165, 1.54) is 0 Å². The van der Waals surface area contributed by atoms with Crippen molar-refractivity contribution in [2.24, 2.45) is 0 Å². The fourth-order valence-corrected chi connectivity index (χ4v) is 2.43. The van der Waals surface area contributed by atoms with Crippen molar-refractivity contribution in [3.8, 4) is 23.0 Å². The van der Waals surface area contributed by atoms with Gasteiger partial charge in [-0.2, -0.15) is 4.98 Å². The van der Waals surface area contributed by atoms with E-state index in [1.54, 1.807) is 62.2 Å². The summed E-state index contributed by atoms with van der Waals surface area (Å²) in [4.78, 5) is 15.7. The van der Waals surface area contributed by atoms with Crippen LogP contribution in [0.4, 0.5) is 0 Å². The summed E-state index contributed by atoms with van der Waals surface area (Å²) >= 11 is 0. The average molecular weight is 355 g/mol. The fourth-order valence-electron chi connectivity index (χ4n) is 2.43. The summed E-state index contributed by atoms with van der Waals surface area (Å²) in [6.07, 6.45) is 0.442. The molecule has 1 heterocycles. The molecule has 0 saturated heterocycles. The number of carbonyl (C=O) groups excluding carboxylic acids is 1. The van der Waals surface area contributed by atoms with Crippen LogP contribution in [0.1, 0.15) is 21.7 Å². The molecule has 0 aliphatic rings. The summed E-state index contributed by atoms with van der Waals surface area (Å²) in [6.45, 7) is 0. The number of ether oxygens (including phenoxy) is 2. The maximum Gasteiger partial charge on any atom is 0.274 e. The largest absolute Gasteiger partial charge is 0.493 e. The van der Waals surface area contributed by atoms with Gasteiger partial charge in [0.1, 0.15) is 0 Å². The number of nitrogens with zero attached hydrogens (tertiary/aromatic N) is 2. The molecule has 1 aromatic heterocycles. The zero-order valence-corrected chi connectivity index (χ0v) is 14.2. The van der Waals surface area contributed by atoms with Crippen molar-refractivity contribution in [1.29, 1.82) is 0 Å². The fraction of sp³-hybridized carbons (Fsp3) is 0.167. The van der Waals surface area contributed by atoms with Gasteiger partial charge in [0.15, 0.2) is 17.3 Å². The van der Waals surface area contributed by atoms with E-state index >= 15 is 0 Å². The van der Waals surface area contributed by atoms with Crippen molar-refractivity contribution in [2.75, 3.05) is 14.2 Å². The van der Waals surface area contributed by atoms with E-state index in [-0.39, 0.29) is 0 Å². The minimum atomic E-state index is -0.563. The number of amides is 1. The van der Waals surface area contributed by atoms with Gasteiger partial charge in [-0.3, -0.25) is 10.0 Å². The molecule has 0 radical (unpaired) electrons. The van der Waals surface area contributed by atoms with Gasteiger partial charge in [-0.25, -0.2) is 5.48 Å². The van der Waals surface area contributed by atoms with E-state index in [0.717, 1.165) is 11.1 Å². The predicted molar refractivity (Wildman–Crippen MR) is 91.3 cm³/mol. The molecule has 134 valence electrons. The SMILES string of the molecule is COc1ccc(-c2nc(Cc3ccc(C(=O)NO)cc3)no2)cc1OC. The highest BCUT2D eigenvalue weighted by Crippen LogP contribution is 2.31. The minimum Gasteiger partial charge on any atom is -0.493 e. The van der Waals surface area contributed by atoms with E-state index in [9.17, 15) is 4.79 Å². The molecule has 0 aliphatic heterocycles. The second-order valence-corrected chi connectivity index (χ2v) is 5.40. The third kappa shape index (κ3) is 3.65. The predicted octanol–water partition coefficient (Wildman–Crippen LogP) is 2.46. The third-order valence-electron chi connectivity index (χ3n) is 3.78. The summed E-state index contributed by atoms with van der Waals surface area (Å²) in [5, 5.41) is 12.6. The molecule has 0 spiro atoms. The van der Waals surface area contributed by atoms with Gasteiger partial charge in [-0.15, -0.1) is 0 Å². The Bertz CT molecular complexity index is 905. The number of rotatable bonds is 6. The maximum atomic E-state index is 11.3. The highest BCUT2D eigenvalue weighted by Gasteiger charge is 2.13. The molecule has 26 heavy (non-hydrogen) atoms. The van der Waals surface area contributed by atoms with Gasteiger partial charge < -0.3 is 14.0 Å². The van der Waals surface area contributed by atoms with E-state index in [1.807, 2.05) is 0 Å². The van der Waals surface area contributed by atoms with Gasteiger partial charge in [0.2, 0.25) is 0 Å². The van der Waals surface area contributed by atoms with Crippen molar-refractivity contribution < 1.29 is 24.0 Å². The lowest BCUT2D eigenvalue weighted by Gasteiger charge is -2.07. The molecular weight excluding hydrogens is 338 g/mol. The molecule has 3 rings (SSSR count). The molecule has 0 unspecified atom stereocenters.